The molecule has 13 heavy (non-hydrogen) atoms. The maximum Gasteiger partial charge on any atom is 0.332 e. The molecule has 0 aliphatic heterocycles. The number of carbonyl (C=O) groups is 1. The highest BCUT2D eigenvalue weighted by Crippen LogP contribution is 2.03. The predicted octanol–water partition coefficient (Wildman–Crippen LogP) is 2.14. The summed E-state index contributed by atoms with van der Waals surface area (Å²) in [5, 5.41) is 0. The third-order valence-electron chi connectivity index (χ3n) is 1.76. The van der Waals surface area contributed by atoms with Crippen LogP contribution in [0.4, 0.5) is 0 Å². The van der Waals surface area contributed by atoms with Crippen molar-refractivity contribution in [3.05, 3.63) is 0 Å². The van der Waals surface area contributed by atoms with Gasteiger partial charge in [-0.15, -0.1) is 0 Å². The molecule has 0 rings (SSSR count). The van der Waals surface area contributed by atoms with Gasteiger partial charge in [-0.1, -0.05) is 19.8 Å². The number of hydrogen-bond donors (Lipinski definition) is 0. The van der Waals surface area contributed by atoms with Crippen LogP contribution in [0.5, 0.6) is 0 Å². The van der Waals surface area contributed by atoms with Crippen molar-refractivity contribution in [1.29, 1.82) is 0 Å². The molecule has 3 heteroatoms. The first-order valence-corrected chi connectivity index (χ1v) is 4.97. The van der Waals surface area contributed by atoms with Gasteiger partial charge in [0, 0.05) is 0 Å². The van der Waals surface area contributed by atoms with E-state index >= 15 is 0 Å². The molecule has 0 spiro atoms. The van der Waals surface area contributed by atoms with E-state index in [0.717, 1.165) is 19.3 Å². The van der Waals surface area contributed by atoms with E-state index in [4.69, 9.17) is 9.47 Å². The fraction of sp³-hybridized carbons (Fsp3) is 0.900. The summed E-state index contributed by atoms with van der Waals surface area (Å²) in [6, 6.07) is 0. The second-order valence-electron chi connectivity index (χ2n) is 3.07. The van der Waals surface area contributed by atoms with Crippen LogP contribution in [0.3, 0.4) is 0 Å². The molecule has 78 valence electrons. The SMILES string of the molecule is CCCCC(C)OCC(=O)OCC. The molecular formula is C10H20O3. The van der Waals surface area contributed by atoms with Gasteiger partial charge in [-0.2, -0.15) is 0 Å². The number of esters is 1. The highest BCUT2D eigenvalue weighted by atomic mass is 16.6. The van der Waals surface area contributed by atoms with E-state index in [2.05, 4.69) is 6.92 Å². The average Bonchev–Trinajstić information content (AvgIpc) is 2.12. The monoisotopic (exact) mass is 188 g/mol. The van der Waals surface area contributed by atoms with Gasteiger partial charge in [0.05, 0.1) is 12.7 Å². The van der Waals surface area contributed by atoms with Crippen LogP contribution >= 0.6 is 0 Å². The Bertz CT molecular complexity index is 134. The zero-order chi connectivity index (χ0) is 10.1. The highest BCUT2D eigenvalue weighted by Gasteiger charge is 2.06. The van der Waals surface area contributed by atoms with Gasteiger partial charge in [0.1, 0.15) is 6.61 Å². The average molecular weight is 188 g/mol. The lowest BCUT2D eigenvalue weighted by molar-refractivity contribution is -0.150. The van der Waals surface area contributed by atoms with E-state index < -0.39 is 0 Å². The van der Waals surface area contributed by atoms with Crippen molar-refractivity contribution >= 4 is 5.97 Å². The molecule has 1 unspecified atom stereocenters. The van der Waals surface area contributed by atoms with E-state index in [9.17, 15) is 4.79 Å². The van der Waals surface area contributed by atoms with Crippen LogP contribution in [0.1, 0.15) is 40.0 Å². The van der Waals surface area contributed by atoms with Crippen LogP contribution in [-0.4, -0.2) is 25.3 Å². The Balaban J connectivity index is 3.34. The first kappa shape index (κ1) is 12.4. The predicted molar refractivity (Wildman–Crippen MR) is 51.6 cm³/mol. The molecule has 0 amide bonds. The fourth-order valence-electron chi connectivity index (χ4n) is 0.988. The molecule has 0 heterocycles. The molecular weight excluding hydrogens is 168 g/mol. The van der Waals surface area contributed by atoms with Crippen molar-refractivity contribution in [2.75, 3.05) is 13.2 Å². The minimum atomic E-state index is -0.272. The van der Waals surface area contributed by atoms with Crippen molar-refractivity contribution in [3.63, 3.8) is 0 Å². The zero-order valence-electron chi connectivity index (χ0n) is 8.84. The van der Waals surface area contributed by atoms with E-state index in [-0.39, 0.29) is 18.7 Å². The Morgan fingerprint density at radius 2 is 2.08 bits per heavy atom. The van der Waals surface area contributed by atoms with Crippen molar-refractivity contribution < 1.29 is 14.3 Å². The fourth-order valence-corrected chi connectivity index (χ4v) is 0.988. The second-order valence-corrected chi connectivity index (χ2v) is 3.07. The molecule has 0 saturated heterocycles. The Hall–Kier alpha value is -0.570. The largest absolute Gasteiger partial charge is 0.464 e. The van der Waals surface area contributed by atoms with Gasteiger partial charge in [-0.25, -0.2) is 4.79 Å². The van der Waals surface area contributed by atoms with Crippen molar-refractivity contribution in [1.82, 2.24) is 0 Å². The zero-order valence-corrected chi connectivity index (χ0v) is 8.84. The topological polar surface area (TPSA) is 35.5 Å². The minimum absolute atomic E-state index is 0.0821. The van der Waals surface area contributed by atoms with Crippen molar-refractivity contribution in [2.24, 2.45) is 0 Å². The van der Waals surface area contributed by atoms with Gasteiger partial charge < -0.3 is 9.47 Å². The number of unbranched alkanes of at least 4 members (excludes halogenated alkanes) is 1. The molecule has 3 nitrogen and oxygen atoms in total. The molecule has 0 aromatic carbocycles. The van der Waals surface area contributed by atoms with Crippen LogP contribution < -0.4 is 0 Å². The van der Waals surface area contributed by atoms with Gasteiger partial charge in [0.15, 0.2) is 0 Å². The quantitative estimate of drug-likeness (QED) is 0.574. The summed E-state index contributed by atoms with van der Waals surface area (Å²) >= 11 is 0. The van der Waals surface area contributed by atoms with E-state index in [0.29, 0.717) is 6.61 Å². The molecule has 0 aromatic rings. The lowest BCUT2D eigenvalue weighted by Crippen LogP contribution is -2.17. The third-order valence-corrected chi connectivity index (χ3v) is 1.76. The van der Waals surface area contributed by atoms with E-state index in [1.54, 1.807) is 6.92 Å². The van der Waals surface area contributed by atoms with Crippen LogP contribution in [0.15, 0.2) is 0 Å². The minimum Gasteiger partial charge on any atom is -0.464 e. The molecule has 0 saturated carbocycles. The molecule has 0 N–H and O–H groups in total. The standard InChI is InChI=1S/C10H20O3/c1-4-6-7-9(3)13-8-10(11)12-5-2/h9H,4-8H2,1-3H3. The second kappa shape index (κ2) is 8.05. The van der Waals surface area contributed by atoms with Crippen LogP contribution in [0.25, 0.3) is 0 Å². The Morgan fingerprint density at radius 1 is 1.38 bits per heavy atom. The molecule has 0 aromatic heterocycles. The summed E-state index contributed by atoms with van der Waals surface area (Å²) in [7, 11) is 0. The van der Waals surface area contributed by atoms with Gasteiger partial charge in [0.2, 0.25) is 0 Å². The number of carbonyl (C=O) groups excluding carboxylic acids is 1. The normalized spacial score (nSPS) is 12.5. The maximum atomic E-state index is 10.9. The van der Waals surface area contributed by atoms with Crippen LogP contribution in [0, 0.1) is 0 Å². The van der Waals surface area contributed by atoms with Gasteiger partial charge in [-0.3, -0.25) is 0 Å². The molecule has 0 aliphatic rings. The Kier molecular flexibility index (Phi) is 7.69. The van der Waals surface area contributed by atoms with E-state index in [1.165, 1.54) is 0 Å². The molecule has 0 bridgehead atoms. The molecule has 0 radical (unpaired) electrons. The highest BCUT2D eigenvalue weighted by molar-refractivity contribution is 5.70. The van der Waals surface area contributed by atoms with Crippen molar-refractivity contribution in [2.45, 2.75) is 46.1 Å². The van der Waals surface area contributed by atoms with E-state index in [1.807, 2.05) is 6.92 Å². The number of ether oxygens (including phenoxy) is 2. The number of rotatable bonds is 7. The summed E-state index contributed by atoms with van der Waals surface area (Å²) in [6.45, 7) is 6.41. The maximum absolute atomic E-state index is 10.9. The molecule has 1 atom stereocenters. The Morgan fingerprint density at radius 3 is 2.62 bits per heavy atom. The summed E-state index contributed by atoms with van der Waals surface area (Å²) in [6.07, 6.45) is 3.47. The lowest BCUT2D eigenvalue weighted by Gasteiger charge is -2.11. The molecule has 0 fully saturated rings. The summed E-state index contributed by atoms with van der Waals surface area (Å²) < 4.78 is 10.0. The summed E-state index contributed by atoms with van der Waals surface area (Å²) in [5.41, 5.74) is 0. The lowest BCUT2D eigenvalue weighted by atomic mass is 10.2. The molecule has 0 aliphatic carbocycles. The number of hydrogen-bond acceptors (Lipinski definition) is 3. The Labute approximate surface area is 80.4 Å². The van der Waals surface area contributed by atoms with Crippen molar-refractivity contribution in [3.8, 4) is 0 Å². The van der Waals surface area contributed by atoms with Crippen LogP contribution in [-0.2, 0) is 14.3 Å². The first-order valence-electron chi connectivity index (χ1n) is 4.97. The van der Waals surface area contributed by atoms with Gasteiger partial charge in [0.25, 0.3) is 0 Å². The first-order chi connectivity index (χ1) is 6.20. The van der Waals surface area contributed by atoms with Gasteiger partial charge in [-0.05, 0) is 20.3 Å². The smallest absolute Gasteiger partial charge is 0.332 e. The van der Waals surface area contributed by atoms with Crippen LogP contribution in [0.2, 0.25) is 0 Å². The third kappa shape index (κ3) is 7.78. The van der Waals surface area contributed by atoms with Gasteiger partial charge >= 0.3 is 5.97 Å². The summed E-state index contributed by atoms with van der Waals surface area (Å²) in [4.78, 5) is 10.9. The summed E-state index contributed by atoms with van der Waals surface area (Å²) in [5.74, 6) is -0.272.